The van der Waals surface area contributed by atoms with E-state index in [1.54, 1.807) is 31.4 Å². The Labute approximate surface area is 242 Å². The number of benzene rings is 2. The second-order valence-corrected chi connectivity index (χ2v) is 10.3. The van der Waals surface area contributed by atoms with Crippen molar-refractivity contribution in [3.05, 3.63) is 59.3 Å². The van der Waals surface area contributed by atoms with Crippen LogP contribution in [0.3, 0.4) is 0 Å². The van der Waals surface area contributed by atoms with Gasteiger partial charge in [0.25, 0.3) is 5.92 Å². The summed E-state index contributed by atoms with van der Waals surface area (Å²) < 4.78 is 55.4. The highest BCUT2D eigenvalue weighted by molar-refractivity contribution is 5.99. The molecule has 1 amide bonds. The predicted octanol–water partition coefficient (Wildman–Crippen LogP) is 4.49. The van der Waals surface area contributed by atoms with Crippen LogP contribution in [0.4, 0.5) is 42.1 Å². The molecular weight excluding hydrogens is 551 g/mol. The summed E-state index contributed by atoms with van der Waals surface area (Å²) in [6.07, 6.45) is 1.01. The highest BCUT2D eigenvalue weighted by Gasteiger charge is 2.33. The van der Waals surface area contributed by atoms with Crippen LogP contribution < -0.4 is 25.4 Å². The smallest absolute Gasteiger partial charge is 0.275 e. The van der Waals surface area contributed by atoms with Gasteiger partial charge in [0.15, 0.2) is 5.82 Å². The Morgan fingerprint density at radius 1 is 1.14 bits per heavy atom. The molecule has 0 saturated carbocycles. The number of alkyl halides is 2. The first kappa shape index (κ1) is 29.4. The van der Waals surface area contributed by atoms with E-state index in [4.69, 9.17) is 9.47 Å². The lowest BCUT2D eigenvalue weighted by atomic mass is 10.0. The Bertz CT molecular complexity index is 1430. The lowest BCUT2D eigenvalue weighted by Crippen LogP contribution is -2.47. The predicted molar refractivity (Wildman–Crippen MR) is 154 cm³/mol. The zero-order chi connectivity index (χ0) is 29.9. The molecule has 2 aliphatic rings. The molecule has 3 heterocycles. The number of anilines is 5. The van der Waals surface area contributed by atoms with Crippen LogP contribution in [0.5, 0.6) is 5.75 Å². The summed E-state index contributed by atoms with van der Waals surface area (Å²) in [6, 6.07) is 10.6. The minimum atomic E-state index is -3.40. The number of hydrogen-bond acceptors (Lipinski definition) is 9. The number of nitrogens with one attached hydrogen (secondary N) is 2. The van der Waals surface area contributed by atoms with E-state index in [1.807, 2.05) is 12.1 Å². The summed E-state index contributed by atoms with van der Waals surface area (Å²) in [6.45, 7) is 5.39. The number of carbonyl (C=O) groups is 1. The van der Waals surface area contributed by atoms with Crippen LogP contribution in [0.15, 0.2) is 42.6 Å². The van der Waals surface area contributed by atoms with Gasteiger partial charge >= 0.3 is 0 Å². The molecule has 224 valence electrons. The molecule has 3 aromatic rings. The molecule has 5 rings (SSSR count). The highest BCUT2D eigenvalue weighted by atomic mass is 19.3. The van der Waals surface area contributed by atoms with E-state index in [2.05, 4.69) is 30.4 Å². The van der Waals surface area contributed by atoms with Gasteiger partial charge in [-0.05, 0) is 29.3 Å². The Hall–Kier alpha value is -4.10. The van der Waals surface area contributed by atoms with Gasteiger partial charge in [0.05, 0.1) is 37.9 Å². The molecule has 1 saturated heterocycles. The van der Waals surface area contributed by atoms with E-state index in [-0.39, 0.29) is 29.9 Å². The normalized spacial score (nSPS) is 15.4. The summed E-state index contributed by atoms with van der Waals surface area (Å²) in [4.78, 5) is 24.7. The van der Waals surface area contributed by atoms with Crippen molar-refractivity contribution < 1.29 is 27.5 Å². The van der Waals surface area contributed by atoms with Gasteiger partial charge in [-0.1, -0.05) is 16.6 Å². The SMILES string of the molecule is COCCN1CCN(c2ccc(Nc3ncc(C(C)(F)F)c(N(F)Cc4cccc5c4CC(=O)N5)n3)c(OC)c2)CC1. The van der Waals surface area contributed by atoms with Gasteiger partial charge in [-0.3, -0.25) is 9.69 Å². The lowest BCUT2D eigenvalue weighted by Gasteiger charge is -2.36. The number of piperazine rings is 1. The van der Waals surface area contributed by atoms with Gasteiger partial charge in [0.2, 0.25) is 11.9 Å². The minimum absolute atomic E-state index is 0.0754. The summed E-state index contributed by atoms with van der Waals surface area (Å²) >= 11 is 0. The van der Waals surface area contributed by atoms with Crippen LogP contribution in [-0.2, 0) is 28.4 Å². The van der Waals surface area contributed by atoms with E-state index in [0.717, 1.165) is 44.6 Å². The third kappa shape index (κ3) is 6.52. The monoisotopic (exact) mass is 585 g/mol. The number of hydrogen-bond donors (Lipinski definition) is 2. The fourth-order valence-corrected chi connectivity index (χ4v) is 5.17. The average molecular weight is 586 g/mol. The standard InChI is InChI=1S/C29H34F3N7O3/c1-29(30,31)22-17-33-28(36-27(22)39(32)18-19-5-4-6-23-21(19)16-26(40)34-23)35-24-8-7-20(15-25(24)42-3)38-11-9-37(10-12-38)13-14-41-2/h4-8,15,17H,9-14,16,18H2,1-3H3,(H,34,40)(H,33,35,36). The summed E-state index contributed by atoms with van der Waals surface area (Å²) in [5.41, 5.74) is 2.51. The van der Waals surface area contributed by atoms with Crippen LogP contribution in [0.1, 0.15) is 23.6 Å². The first-order valence-electron chi connectivity index (χ1n) is 13.7. The molecule has 13 heteroatoms. The van der Waals surface area contributed by atoms with Crippen LogP contribution >= 0.6 is 0 Å². The first-order valence-corrected chi connectivity index (χ1v) is 13.7. The third-order valence-electron chi connectivity index (χ3n) is 7.45. The zero-order valence-corrected chi connectivity index (χ0v) is 23.8. The van der Waals surface area contributed by atoms with E-state index in [0.29, 0.717) is 41.8 Å². The first-order chi connectivity index (χ1) is 20.2. The number of aromatic nitrogens is 2. The van der Waals surface area contributed by atoms with Gasteiger partial charge in [-0.2, -0.15) is 10.1 Å². The maximum absolute atomic E-state index is 15.6. The van der Waals surface area contributed by atoms with Crippen molar-refractivity contribution in [2.24, 2.45) is 0 Å². The molecule has 10 nitrogen and oxygen atoms in total. The van der Waals surface area contributed by atoms with Crippen molar-refractivity contribution in [3.8, 4) is 5.75 Å². The van der Waals surface area contributed by atoms with Gasteiger partial charge < -0.3 is 25.0 Å². The Morgan fingerprint density at radius 2 is 1.93 bits per heavy atom. The van der Waals surface area contributed by atoms with Crippen LogP contribution in [-0.4, -0.2) is 74.3 Å². The average Bonchev–Trinajstić information content (AvgIpc) is 3.37. The fourth-order valence-electron chi connectivity index (χ4n) is 5.17. The lowest BCUT2D eigenvalue weighted by molar-refractivity contribution is -0.115. The molecule has 2 aliphatic heterocycles. The molecule has 1 fully saturated rings. The molecule has 0 aliphatic carbocycles. The van der Waals surface area contributed by atoms with Crippen LogP contribution in [0, 0.1) is 0 Å². The number of fused-ring (bicyclic) bond motifs is 1. The van der Waals surface area contributed by atoms with Gasteiger partial charge in [-0.25, -0.2) is 13.8 Å². The zero-order valence-electron chi connectivity index (χ0n) is 23.8. The number of nitrogens with zero attached hydrogens (tertiary/aromatic N) is 5. The van der Waals surface area contributed by atoms with E-state index >= 15 is 4.48 Å². The molecule has 0 radical (unpaired) electrons. The van der Waals surface area contributed by atoms with Gasteiger partial charge in [0.1, 0.15) is 5.75 Å². The van der Waals surface area contributed by atoms with Crippen LogP contribution in [0.2, 0.25) is 0 Å². The van der Waals surface area contributed by atoms with E-state index in [9.17, 15) is 13.6 Å². The molecule has 1 aromatic heterocycles. The van der Waals surface area contributed by atoms with Crippen molar-refractivity contribution in [1.82, 2.24) is 14.9 Å². The Kier molecular flexibility index (Phi) is 8.69. The number of ether oxygens (including phenoxy) is 2. The number of carbonyl (C=O) groups excluding carboxylic acids is 1. The molecule has 0 atom stereocenters. The molecule has 2 aromatic carbocycles. The third-order valence-corrected chi connectivity index (χ3v) is 7.45. The second-order valence-electron chi connectivity index (χ2n) is 10.3. The summed E-state index contributed by atoms with van der Waals surface area (Å²) in [5, 5.41) is 5.86. The van der Waals surface area contributed by atoms with Gasteiger partial charge in [-0.15, -0.1) is 0 Å². The van der Waals surface area contributed by atoms with Crippen molar-refractivity contribution >= 4 is 34.7 Å². The Morgan fingerprint density at radius 3 is 2.64 bits per heavy atom. The summed E-state index contributed by atoms with van der Waals surface area (Å²) in [5.74, 6) is -3.76. The molecular formula is C29H34F3N7O3. The maximum Gasteiger partial charge on any atom is 0.275 e. The number of methoxy groups -OCH3 is 2. The maximum atomic E-state index is 15.6. The summed E-state index contributed by atoms with van der Waals surface area (Å²) in [7, 11) is 3.23. The number of halogens is 3. The van der Waals surface area contributed by atoms with Crippen molar-refractivity contribution in [2.75, 3.05) is 74.2 Å². The van der Waals surface area contributed by atoms with Gasteiger partial charge in [0, 0.05) is 70.4 Å². The molecule has 0 bridgehead atoms. The quantitative estimate of drug-likeness (QED) is 0.316. The van der Waals surface area contributed by atoms with E-state index < -0.39 is 17.3 Å². The molecule has 2 N–H and O–H groups in total. The van der Waals surface area contributed by atoms with Crippen LogP contribution in [0.25, 0.3) is 0 Å². The van der Waals surface area contributed by atoms with Crippen molar-refractivity contribution in [2.45, 2.75) is 25.8 Å². The number of amides is 1. The van der Waals surface area contributed by atoms with E-state index in [1.165, 1.54) is 7.11 Å². The second kappa shape index (κ2) is 12.4. The highest BCUT2D eigenvalue weighted by Crippen LogP contribution is 2.37. The Balaban J connectivity index is 1.35. The molecule has 42 heavy (non-hydrogen) atoms. The van der Waals surface area contributed by atoms with Crippen molar-refractivity contribution in [1.29, 1.82) is 0 Å². The largest absolute Gasteiger partial charge is 0.494 e. The molecule has 0 spiro atoms. The van der Waals surface area contributed by atoms with Crippen molar-refractivity contribution in [3.63, 3.8) is 0 Å². The molecule has 0 unspecified atom stereocenters. The topological polar surface area (TPSA) is 95.1 Å². The number of rotatable bonds is 11. The fraction of sp³-hybridized carbons (Fsp3) is 0.414. The minimum Gasteiger partial charge on any atom is -0.494 e.